The predicted molar refractivity (Wildman–Crippen MR) is 94.7 cm³/mol. The van der Waals surface area contributed by atoms with E-state index in [4.69, 9.17) is 4.42 Å². The van der Waals surface area contributed by atoms with E-state index in [1.807, 2.05) is 30.3 Å². The van der Waals surface area contributed by atoms with Gasteiger partial charge < -0.3 is 14.2 Å². The molecule has 0 saturated carbocycles. The topological polar surface area (TPSA) is 97.4 Å². The first-order valence-corrected chi connectivity index (χ1v) is 8.49. The van der Waals surface area contributed by atoms with Gasteiger partial charge in [-0.25, -0.2) is 0 Å². The van der Waals surface area contributed by atoms with Crippen LogP contribution in [0.2, 0.25) is 0 Å². The monoisotopic (exact) mass is 366 g/mol. The molecule has 0 radical (unpaired) electrons. The second kappa shape index (κ2) is 6.67. The lowest BCUT2D eigenvalue weighted by atomic mass is 10.2. The molecule has 0 saturated heterocycles. The Morgan fingerprint density at radius 2 is 2.00 bits per heavy atom. The van der Waals surface area contributed by atoms with Crippen LogP contribution >= 0.6 is 0 Å². The van der Waals surface area contributed by atoms with Crippen LogP contribution in [0.15, 0.2) is 40.8 Å². The Balaban J connectivity index is 1.48. The van der Waals surface area contributed by atoms with Crippen LogP contribution in [0, 0.1) is 0 Å². The van der Waals surface area contributed by atoms with Gasteiger partial charge in [-0.2, -0.15) is 5.10 Å². The summed E-state index contributed by atoms with van der Waals surface area (Å²) in [6.45, 7) is 1.29. The molecule has 9 nitrogen and oxygen atoms in total. The number of hydrogen-bond donors (Lipinski definition) is 0. The fourth-order valence-corrected chi connectivity index (χ4v) is 2.89. The van der Waals surface area contributed by atoms with Gasteiger partial charge in [0.1, 0.15) is 5.69 Å². The van der Waals surface area contributed by atoms with Crippen LogP contribution in [-0.4, -0.2) is 62.2 Å². The smallest absolute Gasteiger partial charge is 0.274 e. The number of rotatable bonds is 4. The number of nitrogens with zero attached hydrogens (tertiary/aromatic N) is 6. The number of carbonyl (C=O) groups excluding carboxylic acids is 2. The van der Waals surface area contributed by atoms with Crippen LogP contribution in [-0.2, 0) is 13.1 Å². The third-order valence-electron chi connectivity index (χ3n) is 4.42. The first-order valence-electron chi connectivity index (χ1n) is 8.49. The molecule has 9 heteroatoms. The van der Waals surface area contributed by atoms with Crippen molar-refractivity contribution < 1.29 is 14.0 Å². The van der Waals surface area contributed by atoms with Gasteiger partial charge in [-0.1, -0.05) is 18.2 Å². The van der Waals surface area contributed by atoms with Gasteiger partial charge in [-0.15, -0.1) is 10.2 Å². The number of aromatic nitrogens is 4. The standard InChI is InChI=1S/C18H18N6O3/c1-22-8-9-24-14(18(22)26)10-13(21-24)17(25)23(2)11-15-19-20-16(27-15)12-6-4-3-5-7-12/h3-7,10H,8-9,11H2,1-2H3. The summed E-state index contributed by atoms with van der Waals surface area (Å²) in [6, 6.07) is 10.9. The third-order valence-corrected chi connectivity index (χ3v) is 4.42. The van der Waals surface area contributed by atoms with E-state index in [0.717, 1.165) is 5.56 Å². The molecule has 1 aliphatic rings. The Bertz CT molecular complexity index is 994. The maximum atomic E-state index is 12.7. The van der Waals surface area contributed by atoms with Crippen molar-refractivity contribution in [2.24, 2.45) is 0 Å². The number of hydrogen-bond acceptors (Lipinski definition) is 6. The molecule has 0 unspecified atom stereocenters. The highest BCUT2D eigenvalue weighted by Crippen LogP contribution is 2.18. The number of benzene rings is 1. The number of carbonyl (C=O) groups is 2. The zero-order chi connectivity index (χ0) is 19.0. The van der Waals surface area contributed by atoms with E-state index in [-0.39, 0.29) is 24.1 Å². The minimum atomic E-state index is -0.313. The van der Waals surface area contributed by atoms with Gasteiger partial charge in [-0.05, 0) is 12.1 Å². The normalized spacial score (nSPS) is 13.6. The lowest BCUT2D eigenvalue weighted by Gasteiger charge is -2.22. The highest BCUT2D eigenvalue weighted by molar-refractivity contribution is 5.98. The van der Waals surface area contributed by atoms with E-state index in [1.165, 1.54) is 11.0 Å². The number of amides is 2. The zero-order valence-corrected chi connectivity index (χ0v) is 15.0. The molecular weight excluding hydrogens is 348 g/mol. The molecule has 27 heavy (non-hydrogen) atoms. The summed E-state index contributed by atoms with van der Waals surface area (Å²) >= 11 is 0. The Labute approximate surface area is 155 Å². The number of likely N-dealkylation sites (N-methyl/N-ethyl adjacent to an activating group) is 1. The van der Waals surface area contributed by atoms with Gasteiger partial charge in [0, 0.05) is 32.3 Å². The van der Waals surface area contributed by atoms with Crippen molar-refractivity contribution in [1.29, 1.82) is 0 Å². The average Bonchev–Trinajstić information content (AvgIpc) is 3.32. The quantitative estimate of drug-likeness (QED) is 0.690. The molecule has 0 bridgehead atoms. The van der Waals surface area contributed by atoms with Crippen LogP contribution < -0.4 is 0 Å². The minimum Gasteiger partial charge on any atom is -0.419 e. The van der Waals surface area contributed by atoms with E-state index in [2.05, 4.69) is 15.3 Å². The molecule has 0 aliphatic carbocycles. The van der Waals surface area contributed by atoms with Crippen molar-refractivity contribution in [1.82, 2.24) is 29.8 Å². The molecule has 0 N–H and O–H groups in total. The van der Waals surface area contributed by atoms with Crippen molar-refractivity contribution in [3.8, 4) is 11.5 Å². The van der Waals surface area contributed by atoms with Gasteiger partial charge in [-0.3, -0.25) is 14.3 Å². The Morgan fingerprint density at radius 1 is 1.22 bits per heavy atom. The Morgan fingerprint density at radius 3 is 2.78 bits per heavy atom. The van der Waals surface area contributed by atoms with E-state index in [0.29, 0.717) is 30.6 Å². The molecule has 138 valence electrons. The summed E-state index contributed by atoms with van der Waals surface area (Å²) in [6.07, 6.45) is 0. The summed E-state index contributed by atoms with van der Waals surface area (Å²) in [7, 11) is 3.35. The second-order valence-electron chi connectivity index (χ2n) is 6.39. The van der Waals surface area contributed by atoms with Crippen LogP contribution in [0.3, 0.4) is 0 Å². The molecule has 3 heterocycles. The maximum absolute atomic E-state index is 12.7. The molecule has 2 aromatic heterocycles. The lowest BCUT2D eigenvalue weighted by molar-refractivity contribution is 0.0737. The summed E-state index contributed by atoms with van der Waals surface area (Å²) < 4.78 is 7.21. The lowest BCUT2D eigenvalue weighted by Crippen LogP contribution is -2.37. The van der Waals surface area contributed by atoms with Crippen LogP contribution in [0.4, 0.5) is 0 Å². The first kappa shape index (κ1) is 17.0. The molecule has 1 aliphatic heterocycles. The van der Waals surface area contributed by atoms with Gasteiger partial charge in [0.25, 0.3) is 11.8 Å². The summed E-state index contributed by atoms with van der Waals surface area (Å²) in [5, 5.41) is 12.3. The fourth-order valence-electron chi connectivity index (χ4n) is 2.89. The molecule has 2 amide bonds. The Kier molecular flexibility index (Phi) is 4.19. The molecule has 0 atom stereocenters. The van der Waals surface area contributed by atoms with Crippen molar-refractivity contribution >= 4 is 11.8 Å². The zero-order valence-electron chi connectivity index (χ0n) is 15.0. The molecule has 4 rings (SSSR count). The van der Waals surface area contributed by atoms with Crippen molar-refractivity contribution in [3.63, 3.8) is 0 Å². The van der Waals surface area contributed by atoms with E-state index < -0.39 is 0 Å². The summed E-state index contributed by atoms with van der Waals surface area (Å²) in [4.78, 5) is 27.9. The van der Waals surface area contributed by atoms with Crippen molar-refractivity contribution in [2.45, 2.75) is 13.1 Å². The molecule has 1 aromatic carbocycles. The summed E-state index contributed by atoms with van der Waals surface area (Å²) in [5.41, 5.74) is 1.46. The van der Waals surface area contributed by atoms with Crippen molar-refractivity contribution in [2.75, 3.05) is 20.6 Å². The van der Waals surface area contributed by atoms with Gasteiger partial charge in [0.05, 0.1) is 13.1 Å². The fraction of sp³-hybridized carbons (Fsp3) is 0.278. The van der Waals surface area contributed by atoms with E-state index in [1.54, 1.807) is 23.7 Å². The number of fused-ring (bicyclic) bond motifs is 1. The molecule has 0 spiro atoms. The molecular formula is C18H18N6O3. The SMILES string of the molecule is CN(Cc1nnc(-c2ccccc2)o1)C(=O)c1cc2n(n1)CCN(C)C2=O. The maximum Gasteiger partial charge on any atom is 0.274 e. The predicted octanol–water partition coefficient (Wildman–Crippen LogP) is 1.29. The highest BCUT2D eigenvalue weighted by Gasteiger charge is 2.27. The van der Waals surface area contributed by atoms with Crippen LogP contribution in [0.1, 0.15) is 26.9 Å². The van der Waals surface area contributed by atoms with E-state index in [9.17, 15) is 9.59 Å². The van der Waals surface area contributed by atoms with Gasteiger partial charge in [0.15, 0.2) is 5.69 Å². The highest BCUT2D eigenvalue weighted by atomic mass is 16.4. The average molecular weight is 366 g/mol. The largest absolute Gasteiger partial charge is 0.419 e. The third kappa shape index (κ3) is 3.19. The van der Waals surface area contributed by atoms with Crippen molar-refractivity contribution in [3.05, 3.63) is 53.7 Å². The summed E-state index contributed by atoms with van der Waals surface area (Å²) in [5.74, 6) is 0.272. The van der Waals surface area contributed by atoms with Gasteiger partial charge in [0.2, 0.25) is 11.8 Å². The molecule has 3 aromatic rings. The van der Waals surface area contributed by atoms with Crippen LogP contribution in [0.5, 0.6) is 0 Å². The van der Waals surface area contributed by atoms with E-state index >= 15 is 0 Å². The molecule has 0 fully saturated rings. The minimum absolute atomic E-state index is 0.139. The van der Waals surface area contributed by atoms with Gasteiger partial charge >= 0.3 is 0 Å². The van der Waals surface area contributed by atoms with Crippen LogP contribution in [0.25, 0.3) is 11.5 Å². The second-order valence-corrected chi connectivity index (χ2v) is 6.39. The first-order chi connectivity index (χ1) is 13.0. The Hall–Kier alpha value is -3.49.